The van der Waals surface area contributed by atoms with Gasteiger partial charge >= 0.3 is 0 Å². The zero-order valence-corrected chi connectivity index (χ0v) is 9.81. The third-order valence-electron chi connectivity index (χ3n) is 2.18. The minimum atomic E-state index is -2.06. The fourth-order valence-electron chi connectivity index (χ4n) is 1.48. The van der Waals surface area contributed by atoms with Gasteiger partial charge in [0.05, 0.1) is 0 Å². The van der Waals surface area contributed by atoms with E-state index in [1.807, 2.05) is 30.3 Å². The summed E-state index contributed by atoms with van der Waals surface area (Å²) in [7, 11) is 0. The van der Waals surface area contributed by atoms with Gasteiger partial charge in [-0.15, -0.1) is 0 Å². The van der Waals surface area contributed by atoms with Crippen molar-refractivity contribution < 1.29 is 8.76 Å². The van der Waals surface area contributed by atoms with Gasteiger partial charge in [0.1, 0.15) is 0 Å². The van der Waals surface area contributed by atoms with Crippen LogP contribution in [0.4, 0.5) is 11.4 Å². The smallest absolute Gasteiger partial charge is 0.0415 e. The number of nitrogens with one attached hydrogen (secondary N) is 1. The van der Waals surface area contributed by atoms with E-state index in [1.54, 1.807) is 18.5 Å². The Morgan fingerprint density at radius 2 is 1.94 bits per heavy atom. The first-order valence-corrected chi connectivity index (χ1v) is 6.30. The Morgan fingerprint density at radius 3 is 2.65 bits per heavy atom. The van der Waals surface area contributed by atoms with Crippen LogP contribution in [0.3, 0.4) is 0 Å². The van der Waals surface area contributed by atoms with Crippen LogP contribution in [0.25, 0.3) is 0 Å². The second-order valence-electron chi connectivity index (χ2n) is 3.51. The van der Waals surface area contributed by atoms with Crippen LogP contribution >= 0.6 is 0 Å². The standard InChI is InChI=1S/C12H12N2O2S/c15-17(16)9-10-2-1-3-12(8-10)14-11-4-6-13-7-5-11/h1-8H,9H2,(H,13,14)(H,15,16)/p-1. The van der Waals surface area contributed by atoms with Gasteiger partial charge in [-0.05, 0) is 29.8 Å². The highest BCUT2D eigenvalue weighted by Gasteiger charge is 1.97. The van der Waals surface area contributed by atoms with Gasteiger partial charge in [0.15, 0.2) is 0 Å². The van der Waals surface area contributed by atoms with E-state index in [0.717, 1.165) is 16.9 Å². The first kappa shape index (κ1) is 11.8. The number of pyridine rings is 1. The number of rotatable bonds is 4. The maximum Gasteiger partial charge on any atom is 0.0415 e. The summed E-state index contributed by atoms with van der Waals surface area (Å²) in [6, 6.07) is 11.0. The molecule has 0 spiro atoms. The van der Waals surface area contributed by atoms with Crippen molar-refractivity contribution in [3.8, 4) is 0 Å². The minimum Gasteiger partial charge on any atom is -0.772 e. The fraction of sp³-hybridized carbons (Fsp3) is 0.0833. The van der Waals surface area contributed by atoms with Gasteiger partial charge in [-0.25, -0.2) is 0 Å². The summed E-state index contributed by atoms with van der Waals surface area (Å²) in [6.07, 6.45) is 3.39. The molecule has 5 heteroatoms. The number of benzene rings is 1. The largest absolute Gasteiger partial charge is 0.772 e. The van der Waals surface area contributed by atoms with Crippen LogP contribution in [0, 0.1) is 0 Å². The highest BCUT2D eigenvalue weighted by molar-refractivity contribution is 7.78. The van der Waals surface area contributed by atoms with Gasteiger partial charge in [-0.3, -0.25) is 9.19 Å². The number of nitrogens with zero attached hydrogens (tertiary/aromatic N) is 1. The van der Waals surface area contributed by atoms with Crippen molar-refractivity contribution in [3.05, 3.63) is 54.4 Å². The molecule has 2 aromatic rings. The Hall–Kier alpha value is -1.72. The van der Waals surface area contributed by atoms with Gasteiger partial charge < -0.3 is 9.87 Å². The van der Waals surface area contributed by atoms with E-state index in [1.165, 1.54) is 0 Å². The first-order chi connectivity index (χ1) is 8.24. The average Bonchev–Trinajstić information content (AvgIpc) is 2.30. The summed E-state index contributed by atoms with van der Waals surface area (Å²) in [5.41, 5.74) is 2.54. The van der Waals surface area contributed by atoms with Crippen molar-refractivity contribution in [1.82, 2.24) is 4.98 Å². The van der Waals surface area contributed by atoms with Crippen LogP contribution in [0.15, 0.2) is 48.8 Å². The number of hydrogen-bond donors (Lipinski definition) is 1. The van der Waals surface area contributed by atoms with E-state index in [9.17, 15) is 8.76 Å². The monoisotopic (exact) mass is 247 g/mol. The topological polar surface area (TPSA) is 65.0 Å². The molecule has 88 valence electrons. The predicted molar refractivity (Wildman–Crippen MR) is 66.6 cm³/mol. The number of hydrogen-bond acceptors (Lipinski definition) is 4. The van der Waals surface area contributed by atoms with Crippen LogP contribution in [-0.4, -0.2) is 13.7 Å². The molecule has 0 aliphatic heterocycles. The molecular weight excluding hydrogens is 236 g/mol. The molecule has 0 amide bonds. The fourth-order valence-corrected chi connectivity index (χ4v) is 1.93. The predicted octanol–water partition coefficient (Wildman–Crippen LogP) is 2.20. The zero-order valence-electron chi connectivity index (χ0n) is 9.00. The summed E-state index contributed by atoms with van der Waals surface area (Å²) < 4.78 is 21.2. The Bertz CT molecular complexity index is 517. The molecule has 0 saturated carbocycles. The quantitative estimate of drug-likeness (QED) is 0.841. The van der Waals surface area contributed by atoms with Gasteiger partial charge in [0.2, 0.25) is 0 Å². The van der Waals surface area contributed by atoms with E-state index in [2.05, 4.69) is 10.3 Å². The van der Waals surface area contributed by atoms with Crippen LogP contribution < -0.4 is 5.32 Å². The summed E-state index contributed by atoms with van der Waals surface area (Å²) in [4.78, 5) is 3.92. The molecule has 1 heterocycles. The lowest BCUT2D eigenvalue weighted by molar-refractivity contribution is 0.536. The lowest BCUT2D eigenvalue weighted by Crippen LogP contribution is -1.95. The Labute approximate surface area is 102 Å². The van der Waals surface area contributed by atoms with Crippen molar-refractivity contribution in [3.63, 3.8) is 0 Å². The third kappa shape index (κ3) is 3.65. The average molecular weight is 247 g/mol. The normalized spacial score (nSPS) is 12.1. The lowest BCUT2D eigenvalue weighted by atomic mass is 10.2. The van der Waals surface area contributed by atoms with E-state index in [-0.39, 0.29) is 5.75 Å². The van der Waals surface area contributed by atoms with E-state index in [0.29, 0.717) is 0 Å². The molecule has 1 atom stereocenters. The van der Waals surface area contributed by atoms with Gasteiger partial charge in [-0.1, -0.05) is 23.2 Å². The molecule has 1 aromatic heterocycles. The summed E-state index contributed by atoms with van der Waals surface area (Å²) in [5.74, 6) is 0.0336. The molecule has 0 saturated heterocycles. The SMILES string of the molecule is O=S([O-])Cc1cccc(Nc2ccncc2)c1. The van der Waals surface area contributed by atoms with Crippen molar-refractivity contribution in [1.29, 1.82) is 0 Å². The van der Waals surface area contributed by atoms with Crippen LogP contribution in [-0.2, 0) is 16.8 Å². The molecule has 0 fully saturated rings. The maximum absolute atomic E-state index is 10.6. The molecule has 1 aromatic carbocycles. The second-order valence-corrected chi connectivity index (χ2v) is 4.41. The number of aromatic nitrogens is 1. The Balaban J connectivity index is 2.14. The maximum atomic E-state index is 10.6. The Morgan fingerprint density at radius 1 is 1.18 bits per heavy atom. The van der Waals surface area contributed by atoms with Gasteiger partial charge in [-0.2, -0.15) is 0 Å². The summed E-state index contributed by atoms with van der Waals surface area (Å²) >= 11 is -2.06. The molecule has 17 heavy (non-hydrogen) atoms. The van der Waals surface area contributed by atoms with E-state index < -0.39 is 11.1 Å². The van der Waals surface area contributed by atoms with Crippen molar-refractivity contribution in [2.75, 3.05) is 5.32 Å². The number of anilines is 2. The molecule has 1 unspecified atom stereocenters. The van der Waals surface area contributed by atoms with E-state index in [4.69, 9.17) is 0 Å². The zero-order chi connectivity index (χ0) is 12.1. The Kier molecular flexibility index (Phi) is 3.85. The lowest BCUT2D eigenvalue weighted by Gasteiger charge is -2.09. The highest BCUT2D eigenvalue weighted by atomic mass is 32.2. The van der Waals surface area contributed by atoms with Gasteiger partial charge in [0.25, 0.3) is 0 Å². The molecule has 0 aliphatic rings. The van der Waals surface area contributed by atoms with Crippen molar-refractivity contribution in [2.24, 2.45) is 0 Å². The van der Waals surface area contributed by atoms with Crippen LogP contribution in [0.1, 0.15) is 5.56 Å². The summed E-state index contributed by atoms with van der Waals surface area (Å²) in [5, 5.41) is 3.18. The molecule has 0 aliphatic carbocycles. The summed E-state index contributed by atoms with van der Waals surface area (Å²) in [6.45, 7) is 0. The molecule has 0 bridgehead atoms. The van der Waals surface area contributed by atoms with Crippen molar-refractivity contribution in [2.45, 2.75) is 5.75 Å². The highest BCUT2D eigenvalue weighted by Crippen LogP contribution is 2.17. The molecular formula is C12H11N2O2S-. The molecule has 0 radical (unpaired) electrons. The van der Waals surface area contributed by atoms with E-state index >= 15 is 0 Å². The van der Waals surface area contributed by atoms with Crippen LogP contribution in [0.2, 0.25) is 0 Å². The van der Waals surface area contributed by atoms with Crippen molar-refractivity contribution >= 4 is 22.5 Å². The van der Waals surface area contributed by atoms with Crippen LogP contribution in [0.5, 0.6) is 0 Å². The second kappa shape index (κ2) is 5.56. The third-order valence-corrected chi connectivity index (χ3v) is 2.75. The van der Waals surface area contributed by atoms with Gasteiger partial charge in [0, 0.05) is 29.5 Å². The minimum absolute atomic E-state index is 0.0336. The first-order valence-electron chi connectivity index (χ1n) is 5.06. The molecule has 2 rings (SSSR count). The molecule has 1 N–H and O–H groups in total. The molecule has 4 nitrogen and oxygen atoms in total.